The van der Waals surface area contributed by atoms with Crippen LogP contribution >= 0.6 is 0 Å². The highest BCUT2D eigenvalue weighted by atomic mass is 14.6. The molecule has 0 saturated heterocycles. The molecule has 2 N–H and O–H groups in total. The highest BCUT2D eigenvalue weighted by Gasteiger charge is 2.01. The van der Waals surface area contributed by atoms with E-state index in [1.807, 2.05) is 13.8 Å². The summed E-state index contributed by atoms with van der Waals surface area (Å²) in [6.07, 6.45) is 1.01. The summed E-state index contributed by atoms with van der Waals surface area (Å²) in [5.74, 6) is 0. The summed E-state index contributed by atoms with van der Waals surface area (Å²) in [6, 6.07) is 6.30. The number of rotatable bonds is 2. The van der Waals surface area contributed by atoms with Gasteiger partial charge in [0.05, 0.1) is 0 Å². The lowest BCUT2D eigenvalue weighted by molar-refractivity contribution is 1.12. The van der Waals surface area contributed by atoms with Crippen LogP contribution in [0.5, 0.6) is 0 Å². The summed E-state index contributed by atoms with van der Waals surface area (Å²) < 4.78 is 0. The minimum Gasteiger partial charge on any atom is -0.399 e. The smallest absolute Gasteiger partial charge is 0.0317 e. The molecule has 1 rings (SSSR count). The molecule has 0 amide bonds. The van der Waals surface area contributed by atoms with Crippen LogP contribution in [-0.2, 0) is 6.42 Å². The maximum Gasteiger partial charge on any atom is 0.0317 e. The lowest BCUT2D eigenvalue weighted by Crippen LogP contribution is -1.99. The Morgan fingerprint density at radius 3 is 2.36 bits per heavy atom. The fourth-order valence-electron chi connectivity index (χ4n) is 1.30. The average molecular weight is 191 g/mol. The van der Waals surface area contributed by atoms with E-state index in [0.29, 0.717) is 5.70 Å². The molecule has 0 saturated carbocycles. The van der Waals surface area contributed by atoms with Crippen molar-refractivity contribution in [2.75, 3.05) is 0 Å². The summed E-state index contributed by atoms with van der Waals surface area (Å²) in [4.78, 5) is 0. The molecule has 0 aliphatic rings. The van der Waals surface area contributed by atoms with Gasteiger partial charge in [-0.05, 0) is 25.0 Å². The third kappa shape index (κ3) is 3.25. The summed E-state index contributed by atoms with van der Waals surface area (Å²) in [5, 5.41) is 0. The second-order valence-electron chi connectivity index (χ2n) is 3.04. The number of benzene rings is 1. The van der Waals surface area contributed by atoms with Gasteiger partial charge in [-0.25, -0.2) is 0 Å². The molecule has 0 bridgehead atoms. The first-order chi connectivity index (χ1) is 6.65. The van der Waals surface area contributed by atoms with Gasteiger partial charge >= 0.3 is 0 Å². The minimum absolute atomic E-state index is 0.663. The molecule has 1 aromatic carbocycles. The first-order valence-electron chi connectivity index (χ1n) is 5.19. The van der Waals surface area contributed by atoms with E-state index < -0.39 is 0 Å². The molecule has 1 aromatic rings. The van der Waals surface area contributed by atoms with Crippen LogP contribution in [0, 0.1) is 6.92 Å². The van der Waals surface area contributed by atoms with Crippen molar-refractivity contribution in [2.24, 2.45) is 5.73 Å². The molecule has 0 aliphatic heterocycles. The van der Waals surface area contributed by atoms with Gasteiger partial charge in [-0.3, -0.25) is 0 Å². The van der Waals surface area contributed by atoms with Crippen LogP contribution in [0.15, 0.2) is 24.8 Å². The van der Waals surface area contributed by atoms with E-state index >= 15 is 0 Å². The van der Waals surface area contributed by atoms with Crippen molar-refractivity contribution in [1.29, 1.82) is 0 Å². The first-order valence-corrected chi connectivity index (χ1v) is 5.19. The SMILES string of the molecule is C=C(N)c1cc(C)ccc1CC.CC. The fourth-order valence-corrected chi connectivity index (χ4v) is 1.30. The van der Waals surface area contributed by atoms with Crippen molar-refractivity contribution < 1.29 is 0 Å². The van der Waals surface area contributed by atoms with Gasteiger partial charge < -0.3 is 5.73 Å². The van der Waals surface area contributed by atoms with Crippen molar-refractivity contribution in [2.45, 2.75) is 34.1 Å². The number of nitrogens with two attached hydrogens (primary N) is 1. The van der Waals surface area contributed by atoms with Gasteiger partial charge in [0.1, 0.15) is 0 Å². The molecule has 0 fully saturated rings. The van der Waals surface area contributed by atoms with Crippen LogP contribution in [0.3, 0.4) is 0 Å². The largest absolute Gasteiger partial charge is 0.399 e. The Morgan fingerprint density at radius 2 is 1.93 bits per heavy atom. The molecule has 0 atom stereocenters. The zero-order valence-electron chi connectivity index (χ0n) is 9.72. The van der Waals surface area contributed by atoms with E-state index in [9.17, 15) is 0 Å². The Morgan fingerprint density at radius 1 is 1.36 bits per heavy atom. The highest BCUT2D eigenvalue weighted by Crippen LogP contribution is 2.16. The van der Waals surface area contributed by atoms with Crippen LogP contribution in [-0.4, -0.2) is 0 Å². The summed E-state index contributed by atoms with van der Waals surface area (Å²) in [5.41, 5.74) is 9.92. The van der Waals surface area contributed by atoms with E-state index in [0.717, 1.165) is 12.0 Å². The molecule has 0 aromatic heterocycles. The molecule has 1 heteroatoms. The molecule has 0 spiro atoms. The van der Waals surface area contributed by atoms with Crippen LogP contribution in [0.4, 0.5) is 0 Å². The number of hydrogen-bond acceptors (Lipinski definition) is 1. The van der Waals surface area contributed by atoms with E-state index in [-0.39, 0.29) is 0 Å². The zero-order valence-corrected chi connectivity index (χ0v) is 9.72. The molecule has 0 heterocycles. The second kappa shape index (κ2) is 6.25. The predicted molar refractivity (Wildman–Crippen MR) is 65.1 cm³/mol. The lowest BCUT2D eigenvalue weighted by atomic mass is 10.0. The quantitative estimate of drug-likeness (QED) is 0.760. The molecular formula is C13H21N. The monoisotopic (exact) mass is 191 g/mol. The van der Waals surface area contributed by atoms with E-state index in [1.165, 1.54) is 11.1 Å². The maximum atomic E-state index is 5.66. The Labute approximate surface area is 87.6 Å². The van der Waals surface area contributed by atoms with Gasteiger partial charge in [0, 0.05) is 11.3 Å². The van der Waals surface area contributed by atoms with E-state index in [4.69, 9.17) is 5.73 Å². The maximum absolute atomic E-state index is 5.66. The minimum atomic E-state index is 0.663. The van der Waals surface area contributed by atoms with Crippen molar-refractivity contribution in [3.05, 3.63) is 41.5 Å². The third-order valence-corrected chi connectivity index (χ3v) is 1.99. The van der Waals surface area contributed by atoms with Gasteiger partial charge in [-0.15, -0.1) is 0 Å². The van der Waals surface area contributed by atoms with E-state index in [2.05, 4.69) is 38.6 Å². The Kier molecular flexibility index (Phi) is 5.70. The number of aryl methyl sites for hydroxylation is 2. The Bertz CT molecular complexity index is 300. The van der Waals surface area contributed by atoms with Crippen LogP contribution in [0.25, 0.3) is 5.70 Å². The Hall–Kier alpha value is -1.24. The molecule has 78 valence electrons. The van der Waals surface area contributed by atoms with Crippen LogP contribution in [0.1, 0.15) is 37.5 Å². The average Bonchev–Trinajstić information content (AvgIpc) is 2.20. The standard InChI is InChI=1S/C11H15N.C2H6/c1-4-10-6-5-8(2)7-11(10)9(3)12;1-2/h5-7H,3-4,12H2,1-2H3;1-2H3. The van der Waals surface area contributed by atoms with Crippen molar-refractivity contribution in [1.82, 2.24) is 0 Å². The topological polar surface area (TPSA) is 26.0 Å². The van der Waals surface area contributed by atoms with Crippen LogP contribution < -0.4 is 5.73 Å². The van der Waals surface area contributed by atoms with Gasteiger partial charge in [0.15, 0.2) is 0 Å². The molecule has 0 unspecified atom stereocenters. The van der Waals surface area contributed by atoms with Crippen molar-refractivity contribution >= 4 is 5.70 Å². The van der Waals surface area contributed by atoms with Gasteiger partial charge in [0.2, 0.25) is 0 Å². The first kappa shape index (κ1) is 12.8. The van der Waals surface area contributed by atoms with Gasteiger partial charge in [-0.2, -0.15) is 0 Å². The normalized spacial score (nSPS) is 8.86. The molecule has 0 aliphatic carbocycles. The molecule has 1 nitrogen and oxygen atoms in total. The van der Waals surface area contributed by atoms with Gasteiger partial charge in [0.25, 0.3) is 0 Å². The summed E-state index contributed by atoms with van der Waals surface area (Å²) in [7, 11) is 0. The number of hydrogen-bond donors (Lipinski definition) is 1. The Balaban J connectivity index is 0.000000791. The predicted octanol–water partition coefficient (Wildman–Crippen LogP) is 3.51. The zero-order chi connectivity index (χ0) is 11.1. The fraction of sp³-hybridized carbons (Fsp3) is 0.385. The highest BCUT2D eigenvalue weighted by molar-refractivity contribution is 5.64. The summed E-state index contributed by atoms with van der Waals surface area (Å²) in [6.45, 7) is 11.9. The van der Waals surface area contributed by atoms with Crippen LogP contribution in [0.2, 0.25) is 0 Å². The third-order valence-electron chi connectivity index (χ3n) is 1.99. The summed E-state index contributed by atoms with van der Waals surface area (Å²) >= 11 is 0. The lowest BCUT2D eigenvalue weighted by Gasteiger charge is -2.07. The van der Waals surface area contributed by atoms with Crippen molar-refractivity contribution in [3.63, 3.8) is 0 Å². The molecular weight excluding hydrogens is 170 g/mol. The molecule has 14 heavy (non-hydrogen) atoms. The molecule has 0 radical (unpaired) electrons. The van der Waals surface area contributed by atoms with Gasteiger partial charge in [-0.1, -0.05) is 45.0 Å². The van der Waals surface area contributed by atoms with E-state index in [1.54, 1.807) is 0 Å². The second-order valence-corrected chi connectivity index (χ2v) is 3.04. The van der Waals surface area contributed by atoms with Crippen molar-refractivity contribution in [3.8, 4) is 0 Å².